The molecule has 0 spiro atoms. The van der Waals surface area contributed by atoms with Gasteiger partial charge in [0.25, 0.3) is 0 Å². The van der Waals surface area contributed by atoms with E-state index in [2.05, 4.69) is 67.2 Å². The van der Waals surface area contributed by atoms with E-state index in [1.54, 1.807) is 0 Å². The number of pyridine rings is 1. The standard InChI is InChI=1S/C25H32N4O2/c1-24(2)11-17-22(19(13-24)27-30)21(15-7-9-16(10-8-15)29(5)6)23-18(26-17)12-25(3,4)14-20(23)28-31/h7-10,30-31H,11-14H2,1-6H3/b27-19-,28-20-. The van der Waals surface area contributed by atoms with Crippen molar-refractivity contribution in [2.75, 3.05) is 19.0 Å². The first-order chi connectivity index (χ1) is 14.5. The number of hydrogen-bond donors (Lipinski definition) is 2. The molecule has 0 saturated carbocycles. The number of hydrogen-bond acceptors (Lipinski definition) is 6. The molecular formula is C25H32N4O2. The van der Waals surface area contributed by atoms with E-state index in [-0.39, 0.29) is 10.8 Å². The Bertz CT molecular complexity index is 1020. The van der Waals surface area contributed by atoms with Gasteiger partial charge in [-0.3, -0.25) is 4.98 Å². The zero-order chi connectivity index (χ0) is 22.6. The summed E-state index contributed by atoms with van der Waals surface area (Å²) in [6, 6.07) is 8.35. The molecule has 6 nitrogen and oxygen atoms in total. The van der Waals surface area contributed by atoms with Crippen molar-refractivity contribution in [2.24, 2.45) is 21.1 Å². The van der Waals surface area contributed by atoms with Crippen molar-refractivity contribution < 1.29 is 10.4 Å². The molecule has 2 aromatic rings. The molecule has 1 aromatic heterocycles. The highest BCUT2D eigenvalue weighted by Crippen LogP contribution is 2.45. The molecule has 0 bridgehead atoms. The lowest BCUT2D eigenvalue weighted by Crippen LogP contribution is -2.34. The molecule has 0 atom stereocenters. The molecule has 0 amide bonds. The third-order valence-corrected chi connectivity index (χ3v) is 6.42. The Morgan fingerprint density at radius 1 is 0.742 bits per heavy atom. The zero-order valence-electron chi connectivity index (χ0n) is 19.3. The van der Waals surface area contributed by atoms with Crippen LogP contribution in [0.25, 0.3) is 11.1 Å². The van der Waals surface area contributed by atoms with Crippen molar-refractivity contribution in [1.29, 1.82) is 0 Å². The second-order valence-corrected chi connectivity index (χ2v) is 10.7. The summed E-state index contributed by atoms with van der Waals surface area (Å²) in [5, 5.41) is 27.3. The molecule has 1 aromatic carbocycles. The van der Waals surface area contributed by atoms with Crippen molar-refractivity contribution in [1.82, 2.24) is 4.98 Å². The first-order valence-corrected chi connectivity index (χ1v) is 10.8. The van der Waals surface area contributed by atoms with Crippen LogP contribution >= 0.6 is 0 Å². The normalized spacial score (nSPS) is 21.6. The van der Waals surface area contributed by atoms with Gasteiger partial charge in [-0.15, -0.1) is 0 Å². The predicted molar refractivity (Wildman–Crippen MR) is 125 cm³/mol. The lowest BCUT2D eigenvalue weighted by Gasteiger charge is -2.37. The van der Waals surface area contributed by atoms with Gasteiger partial charge in [0, 0.05) is 36.5 Å². The Labute approximate surface area is 184 Å². The van der Waals surface area contributed by atoms with Crippen molar-refractivity contribution >= 4 is 17.1 Å². The number of anilines is 1. The van der Waals surface area contributed by atoms with E-state index in [0.29, 0.717) is 24.3 Å². The third-order valence-electron chi connectivity index (χ3n) is 6.42. The van der Waals surface area contributed by atoms with Crippen LogP contribution in [0.1, 0.15) is 63.1 Å². The van der Waals surface area contributed by atoms with Crippen LogP contribution in [-0.4, -0.2) is 40.9 Å². The largest absolute Gasteiger partial charge is 0.411 e. The Hall–Kier alpha value is -2.89. The molecule has 0 saturated heterocycles. The second kappa shape index (κ2) is 7.36. The molecule has 1 heterocycles. The molecule has 6 heteroatoms. The van der Waals surface area contributed by atoms with E-state index in [9.17, 15) is 10.4 Å². The van der Waals surface area contributed by atoms with Crippen LogP contribution in [-0.2, 0) is 12.8 Å². The van der Waals surface area contributed by atoms with Gasteiger partial charge in [0.05, 0.1) is 22.8 Å². The van der Waals surface area contributed by atoms with Crippen molar-refractivity contribution in [2.45, 2.75) is 53.4 Å². The average molecular weight is 421 g/mol. The van der Waals surface area contributed by atoms with Gasteiger partial charge in [-0.05, 0) is 54.2 Å². The number of aromatic nitrogens is 1. The maximum atomic E-state index is 9.94. The number of benzene rings is 1. The number of rotatable bonds is 2. The van der Waals surface area contributed by atoms with Gasteiger partial charge in [0.15, 0.2) is 0 Å². The number of nitrogens with zero attached hydrogens (tertiary/aromatic N) is 4. The van der Waals surface area contributed by atoms with Gasteiger partial charge >= 0.3 is 0 Å². The van der Waals surface area contributed by atoms with Crippen LogP contribution < -0.4 is 4.90 Å². The highest BCUT2D eigenvalue weighted by atomic mass is 16.4. The highest BCUT2D eigenvalue weighted by Gasteiger charge is 2.39. The maximum Gasteiger partial charge on any atom is 0.0898 e. The van der Waals surface area contributed by atoms with Gasteiger partial charge in [-0.2, -0.15) is 0 Å². The summed E-state index contributed by atoms with van der Waals surface area (Å²) in [5.41, 5.74) is 8.01. The van der Waals surface area contributed by atoms with Crippen molar-refractivity contribution in [3.8, 4) is 11.1 Å². The topological polar surface area (TPSA) is 81.3 Å². The summed E-state index contributed by atoms with van der Waals surface area (Å²) in [5.74, 6) is 0. The minimum Gasteiger partial charge on any atom is -0.411 e. The highest BCUT2D eigenvalue weighted by molar-refractivity contribution is 6.15. The summed E-state index contributed by atoms with van der Waals surface area (Å²) in [7, 11) is 4.03. The first kappa shape index (κ1) is 21.3. The van der Waals surface area contributed by atoms with Gasteiger partial charge in [0.2, 0.25) is 0 Å². The number of fused-ring (bicyclic) bond motifs is 2. The van der Waals surface area contributed by atoms with Gasteiger partial charge in [0.1, 0.15) is 0 Å². The maximum absolute atomic E-state index is 9.94. The van der Waals surface area contributed by atoms with E-state index in [1.807, 2.05) is 14.1 Å². The molecular weight excluding hydrogens is 388 g/mol. The minimum atomic E-state index is -0.0417. The summed E-state index contributed by atoms with van der Waals surface area (Å²) in [6.45, 7) is 8.72. The predicted octanol–water partition coefficient (Wildman–Crippen LogP) is 5.12. The molecule has 0 unspecified atom stereocenters. The second-order valence-electron chi connectivity index (χ2n) is 10.7. The Kier molecular flexibility index (Phi) is 5.07. The van der Waals surface area contributed by atoms with Gasteiger partial charge in [-0.25, -0.2) is 0 Å². The smallest absolute Gasteiger partial charge is 0.0898 e. The fourth-order valence-electron chi connectivity index (χ4n) is 5.07. The molecule has 0 aliphatic heterocycles. The summed E-state index contributed by atoms with van der Waals surface area (Å²) < 4.78 is 0. The van der Waals surface area contributed by atoms with E-state index in [0.717, 1.165) is 52.2 Å². The van der Waals surface area contributed by atoms with E-state index < -0.39 is 0 Å². The van der Waals surface area contributed by atoms with Crippen LogP contribution in [0.5, 0.6) is 0 Å². The van der Waals surface area contributed by atoms with E-state index >= 15 is 0 Å². The fourth-order valence-corrected chi connectivity index (χ4v) is 5.07. The first-order valence-electron chi connectivity index (χ1n) is 10.8. The Morgan fingerprint density at radius 3 is 1.58 bits per heavy atom. The van der Waals surface area contributed by atoms with Crippen LogP contribution in [0, 0.1) is 10.8 Å². The lowest BCUT2D eigenvalue weighted by molar-refractivity contribution is 0.303. The Balaban J connectivity index is 2.06. The van der Waals surface area contributed by atoms with Gasteiger partial charge in [-0.1, -0.05) is 50.1 Å². The van der Waals surface area contributed by atoms with E-state index in [4.69, 9.17) is 4.98 Å². The molecule has 164 valence electrons. The van der Waals surface area contributed by atoms with Crippen LogP contribution in [0.4, 0.5) is 5.69 Å². The molecule has 0 radical (unpaired) electrons. The van der Waals surface area contributed by atoms with Crippen molar-refractivity contribution in [3.05, 3.63) is 46.8 Å². The quantitative estimate of drug-likeness (QED) is 0.522. The molecule has 31 heavy (non-hydrogen) atoms. The van der Waals surface area contributed by atoms with Crippen molar-refractivity contribution in [3.63, 3.8) is 0 Å². The summed E-state index contributed by atoms with van der Waals surface area (Å²) in [4.78, 5) is 7.14. The van der Waals surface area contributed by atoms with Gasteiger partial charge < -0.3 is 15.3 Å². The molecule has 2 aliphatic carbocycles. The summed E-state index contributed by atoms with van der Waals surface area (Å²) >= 11 is 0. The molecule has 4 rings (SSSR count). The third kappa shape index (κ3) is 3.80. The SMILES string of the molecule is CN(C)c1ccc(-c2c3c(nc4c2/C(=N\O)CC(C)(C)C4)CC(C)(C)C/C3=N/O)cc1. The Morgan fingerprint density at radius 2 is 1.19 bits per heavy atom. The molecule has 2 aliphatic rings. The van der Waals surface area contributed by atoms with Crippen LogP contribution in [0.15, 0.2) is 34.6 Å². The fraction of sp³-hybridized carbons (Fsp3) is 0.480. The lowest BCUT2D eigenvalue weighted by atomic mass is 9.69. The molecule has 0 fully saturated rings. The van der Waals surface area contributed by atoms with Crippen LogP contribution in [0.3, 0.4) is 0 Å². The minimum absolute atomic E-state index is 0.0417. The zero-order valence-corrected chi connectivity index (χ0v) is 19.3. The van der Waals surface area contributed by atoms with E-state index in [1.165, 1.54) is 0 Å². The monoisotopic (exact) mass is 420 g/mol. The average Bonchev–Trinajstić information content (AvgIpc) is 2.69. The number of oxime groups is 2. The summed E-state index contributed by atoms with van der Waals surface area (Å²) in [6.07, 6.45) is 2.95. The van der Waals surface area contributed by atoms with Crippen LogP contribution in [0.2, 0.25) is 0 Å². The molecule has 2 N–H and O–H groups in total.